The standard InChI is InChI=1S/C24H28Cl2N2O2/c1-17(24(30)27-21-11-3-2-4-12-21)28(16-18-8-7-10-20(25)14-18)23(29)15-19-9-5-6-13-22(19)26/h5-10,13-14,17,21H,2-4,11-12,15-16H2,1H3,(H,27,30)/t17-/m0/s1. The number of amides is 2. The highest BCUT2D eigenvalue weighted by molar-refractivity contribution is 6.31. The molecule has 0 aliphatic heterocycles. The van der Waals surface area contributed by atoms with Crippen LogP contribution >= 0.6 is 23.2 Å². The smallest absolute Gasteiger partial charge is 0.242 e. The van der Waals surface area contributed by atoms with Crippen LogP contribution in [0.3, 0.4) is 0 Å². The molecule has 0 heterocycles. The zero-order valence-corrected chi connectivity index (χ0v) is 18.8. The van der Waals surface area contributed by atoms with Gasteiger partial charge in [-0.3, -0.25) is 9.59 Å². The van der Waals surface area contributed by atoms with Crippen LogP contribution in [0.25, 0.3) is 0 Å². The van der Waals surface area contributed by atoms with Gasteiger partial charge in [-0.05, 0) is 49.1 Å². The monoisotopic (exact) mass is 446 g/mol. The minimum absolute atomic E-state index is 0.114. The summed E-state index contributed by atoms with van der Waals surface area (Å²) >= 11 is 12.4. The van der Waals surface area contributed by atoms with Crippen molar-refractivity contribution in [2.24, 2.45) is 0 Å². The summed E-state index contributed by atoms with van der Waals surface area (Å²) in [5, 5.41) is 4.29. The average molecular weight is 447 g/mol. The summed E-state index contributed by atoms with van der Waals surface area (Å²) in [6, 6.07) is 14.3. The number of nitrogens with one attached hydrogen (secondary N) is 1. The van der Waals surface area contributed by atoms with Gasteiger partial charge in [-0.1, -0.05) is 72.8 Å². The number of carbonyl (C=O) groups is 2. The van der Waals surface area contributed by atoms with Gasteiger partial charge in [0.05, 0.1) is 6.42 Å². The molecule has 1 atom stereocenters. The molecule has 0 radical (unpaired) electrons. The molecule has 0 saturated heterocycles. The van der Waals surface area contributed by atoms with Gasteiger partial charge in [0, 0.05) is 22.6 Å². The van der Waals surface area contributed by atoms with Crippen LogP contribution in [0.15, 0.2) is 48.5 Å². The van der Waals surface area contributed by atoms with Crippen LogP contribution in [0.4, 0.5) is 0 Å². The van der Waals surface area contributed by atoms with Gasteiger partial charge in [-0.25, -0.2) is 0 Å². The van der Waals surface area contributed by atoms with E-state index in [1.54, 1.807) is 24.0 Å². The Bertz CT molecular complexity index is 881. The quantitative estimate of drug-likeness (QED) is 0.618. The van der Waals surface area contributed by atoms with Crippen LogP contribution < -0.4 is 5.32 Å². The molecule has 4 nitrogen and oxygen atoms in total. The van der Waals surface area contributed by atoms with E-state index in [1.807, 2.05) is 36.4 Å². The predicted molar refractivity (Wildman–Crippen MR) is 122 cm³/mol. The molecule has 1 saturated carbocycles. The summed E-state index contributed by atoms with van der Waals surface area (Å²) in [6.07, 6.45) is 5.63. The third kappa shape index (κ3) is 6.23. The van der Waals surface area contributed by atoms with Crippen molar-refractivity contribution in [2.45, 2.75) is 64.1 Å². The molecule has 0 unspecified atom stereocenters. The third-order valence-electron chi connectivity index (χ3n) is 5.66. The minimum atomic E-state index is -0.596. The van der Waals surface area contributed by atoms with Crippen LogP contribution in [0.5, 0.6) is 0 Å². The van der Waals surface area contributed by atoms with Crippen molar-refractivity contribution in [1.82, 2.24) is 10.2 Å². The molecule has 2 amide bonds. The summed E-state index contributed by atoms with van der Waals surface area (Å²) in [5.41, 5.74) is 1.63. The topological polar surface area (TPSA) is 49.4 Å². The highest BCUT2D eigenvalue weighted by Crippen LogP contribution is 2.21. The van der Waals surface area contributed by atoms with Gasteiger partial charge in [0.15, 0.2) is 0 Å². The molecule has 1 N–H and O–H groups in total. The minimum Gasteiger partial charge on any atom is -0.352 e. The molecule has 1 fully saturated rings. The van der Waals surface area contributed by atoms with Crippen molar-refractivity contribution < 1.29 is 9.59 Å². The lowest BCUT2D eigenvalue weighted by molar-refractivity contribution is -0.140. The fourth-order valence-corrected chi connectivity index (χ4v) is 4.31. The molecule has 1 aliphatic carbocycles. The number of benzene rings is 2. The first kappa shape index (κ1) is 22.6. The maximum absolute atomic E-state index is 13.2. The van der Waals surface area contributed by atoms with Gasteiger partial charge >= 0.3 is 0 Å². The number of rotatable bonds is 7. The lowest BCUT2D eigenvalue weighted by Gasteiger charge is -2.31. The van der Waals surface area contributed by atoms with Gasteiger partial charge < -0.3 is 10.2 Å². The van der Waals surface area contributed by atoms with Crippen LogP contribution in [0.1, 0.15) is 50.2 Å². The molecule has 30 heavy (non-hydrogen) atoms. The van der Waals surface area contributed by atoms with Crippen LogP contribution in [-0.2, 0) is 22.6 Å². The summed E-state index contributed by atoms with van der Waals surface area (Å²) in [6.45, 7) is 2.09. The van der Waals surface area contributed by atoms with Gasteiger partial charge in [-0.2, -0.15) is 0 Å². The number of nitrogens with zero attached hydrogens (tertiary/aromatic N) is 1. The second kappa shape index (κ2) is 10.8. The Balaban J connectivity index is 1.77. The number of hydrogen-bond donors (Lipinski definition) is 1. The largest absolute Gasteiger partial charge is 0.352 e. The molecule has 1 aliphatic rings. The SMILES string of the molecule is C[C@@H](C(=O)NC1CCCCC1)N(Cc1cccc(Cl)c1)C(=O)Cc1ccccc1Cl. The van der Waals surface area contributed by atoms with Crippen molar-refractivity contribution in [1.29, 1.82) is 0 Å². The molecule has 3 rings (SSSR count). The summed E-state index contributed by atoms with van der Waals surface area (Å²) < 4.78 is 0. The van der Waals surface area contributed by atoms with Gasteiger partial charge in [0.2, 0.25) is 11.8 Å². The third-order valence-corrected chi connectivity index (χ3v) is 6.26. The molecule has 6 heteroatoms. The summed E-state index contributed by atoms with van der Waals surface area (Å²) in [7, 11) is 0. The zero-order valence-electron chi connectivity index (χ0n) is 17.2. The molecule has 2 aromatic rings. The van der Waals surface area contributed by atoms with E-state index in [4.69, 9.17) is 23.2 Å². The van der Waals surface area contributed by atoms with Crippen LogP contribution in [-0.4, -0.2) is 28.8 Å². The Morgan fingerprint density at radius 3 is 2.50 bits per heavy atom. The van der Waals surface area contributed by atoms with Crippen molar-refractivity contribution >= 4 is 35.0 Å². The Kier molecular flexibility index (Phi) is 8.17. The molecule has 0 spiro atoms. The summed E-state index contributed by atoms with van der Waals surface area (Å²) in [4.78, 5) is 27.8. The molecular formula is C24H28Cl2N2O2. The summed E-state index contributed by atoms with van der Waals surface area (Å²) in [5.74, 6) is -0.259. The first-order chi connectivity index (χ1) is 14.4. The Hall–Kier alpha value is -2.04. The molecule has 2 aromatic carbocycles. The van der Waals surface area contributed by atoms with Crippen LogP contribution in [0.2, 0.25) is 10.0 Å². The fraction of sp³-hybridized carbons (Fsp3) is 0.417. The average Bonchev–Trinajstić information content (AvgIpc) is 2.74. The predicted octanol–water partition coefficient (Wildman–Crippen LogP) is 5.40. The molecule has 0 aromatic heterocycles. The zero-order chi connectivity index (χ0) is 21.5. The molecular weight excluding hydrogens is 419 g/mol. The normalized spacial score (nSPS) is 15.4. The van der Waals surface area contributed by atoms with Crippen molar-refractivity contribution in [3.63, 3.8) is 0 Å². The van der Waals surface area contributed by atoms with E-state index >= 15 is 0 Å². The second-order valence-electron chi connectivity index (χ2n) is 7.94. The van der Waals surface area contributed by atoms with E-state index < -0.39 is 6.04 Å². The van der Waals surface area contributed by atoms with E-state index in [-0.39, 0.29) is 24.3 Å². The number of carbonyl (C=O) groups excluding carboxylic acids is 2. The second-order valence-corrected chi connectivity index (χ2v) is 8.78. The van der Waals surface area contributed by atoms with Crippen molar-refractivity contribution in [3.05, 3.63) is 69.7 Å². The van der Waals surface area contributed by atoms with Gasteiger partial charge in [0.1, 0.15) is 6.04 Å². The van der Waals surface area contributed by atoms with E-state index in [2.05, 4.69) is 5.32 Å². The van der Waals surface area contributed by atoms with E-state index in [0.29, 0.717) is 16.6 Å². The first-order valence-corrected chi connectivity index (χ1v) is 11.3. The fourth-order valence-electron chi connectivity index (χ4n) is 3.89. The van der Waals surface area contributed by atoms with Crippen molar-refractivity contribution in [2.75, 3.05) is 0 Å². The van der Waals surface area contributed by atoms with Crippen LogP contribution in [0, 0.1) is 0 Å². The van der Waals surface area contributed by atoms with Crippen molar-refractivity contribution in [3.8, 4) is 0 Å². The Morgan fingerprint density at radius 1 is 1.07 bits per heavy atom. The highest BCUT2D eigenvalue weighted by Gasteiger charge is 2.28. The van der Waals surface area contributed by atoms with Gasteiger partial charge in [-0.15, -0.1) is 0 Å². The maximum atomic E-state index is 13.2. The molecule has 160 valence electrons. The molecule has 0 bridgehead atoms. The lowest BCUT2D eigenvalue weighted by Crippen LogP contribution is -2.50. The lowest BCUT2D eigenvalue weighted by atomic mass is 9.95. The number of hydrogen-bond acceptors (Lipinski definition) is 2. The number of halogens is 2. The Morgan fingerprint density at radius 2 is 1.80 bits per heavy atom. The van der Waals surface area contributed by atoms with E-state index in [0.717, 1.165) is 36.8 Å². The van der Waals surface area contributed by atoms with E-state index in [1.165, 1.54) is 6.42 Å². The highest BCUT2D eigenvalue weighted by atomic mass is 35.5. The maximum Gasteiger partial charge on any atom is 0.242 e. The van der Waals surface area contributed by atoms with E-state index in [9.17, 15) is 9.59 Å². The Labute approximate surface area is 188 Å². The van der Waals surface area contributed by atoms with Gasteiger partial charge in [0.25, 0.3) is 0 Å². The first-order valence-electron chi connectivity index (χ1n) is 10.5.